The SMILES string of the molecule is CCNC(=O)CC1=CSC2=NC(C)=C(C(=O)OC)C(c3cccc(C)c3)N12. The molecule has 3 rings (SSSR count). The molecule has 1 amide bonds. The number of hydrogen-bond donors (Lipinski definition) is 1. The largest absolute Gasteiger partial charge is 0.466 e. The highest BCUT2D eigenvalue weighted by molar-refractivity contribution is 8.16. The number of amidine groups is 1. The van der Waals surface area contributed by atoms with E-state index in [-0.39, 0.29) is 18.4 Å². The fraction of sp³-hybridized carbons (Fsp3) is 0.350. The number of nitrogens with zero attached hydrogens (tertiary/aromatic N) is 2. The summed E-state index contributed by atoms with van der Waals surface area (Å²) < 4.78 is 5.05. The molecule has 0 saturated carbocycles. The van der Waals surface area contributed by atoms with Gasteiger partial charge < -0.3 is 15.0 Å². The maximum absolute atomic E-state index is 12.6. The third-order valence-corrected chi connectivity index (χ3v) is 5.37. The number of rotatable bonds is 5. The van der Waals surface area contributed by atoms with E-state index in [9.17, 15) is 9.59 Å². The number of aliphatic imine (C=N–C) groups is 1. The summed E-state index contributed by atoms with van der Waals surface area (Å²) in [7, 11) is 1.37. The number of carbonyl (C=O) groups excluding carboxylic acids is 2. The molecule has 1 aromatic rings. The number of aryl methyl sites for hydroxylation is 1. The summed E-state index contributed by atoms with van der Waals surface area (Å²) in [6.07, 6.45) is 0.232. The molecular formula is C20H23N3O3S. The zero-order valence-corrected chi connectivity index (χ0v) is 16.7. The number of carbonyl (C=O) groups is 2. The van der Waals surface area contributed by atoms with Gasteiger partial charge in [0.25, 0.3) is 0 Å². The Labute approximate surface area is 163 Å². The van der Waals surface area contributed by atoms with Crippen LogP contribution in [0.3, 0.4) is 0 Å². The number of nitrogens with one attached hydrogen (secondary N) is 1. The Morgan fingerprint density at radius 2 is 2.11 bits per heavy atom. The van der Waals surface area contributed by atoms with Gasteiger partial charge in [0.1, 0.15) is 0 Å². The molecule has 1 N–H and O–H groups in total. The minimum Gasteiger partial charge on any atom is -0.466 e. The van der Waals surface area contributed by atoms with E-state index < -0.39 is 5.97 Å². The molecule has 1 atom stereocenters. The van der Waals surface area contributed by atoms with Crippen molar-refractivity contribution in [1.82, 2.24) is 10.2 Å². The Morgan fingerprint density at radius 3 is 2.78 bits per heavy atom. The second-order valence-corrected chi connectivity index (χ2v) is 7.27. The van der Waals surface area contributed by atoms with Crippen molar-refractivity contribution in [3.05, 3.63) is 57.8 Å². The maximum atomic E-state index is 12.6. The topological polar surface area (TPSA) is 71.0 Å². The molecular weight excluding hydrogens is 362 g/mol. The van der Waals surface area contributed by atoms with Gasteiger partial charge in [-0.05, 0) is 31.7 Å². The van der Waals surface area contributed by atoms with Gasteiger partial charge in [0.05, 0.1) is 30.8 Å². The lowest BCUT2D eigenvalue weighted by atomic mass is 9.93. The van der Waals surface area contributed by atoms with Gasteiger partial charge in [-0.2, -0.15) is 0 Å². The summed E-state index contributed by atoms with van der Waals surface area (Å²) in [5.41, 5.74) is 4.02. The third kappa shape index (κ3) is 3.78. The number of thioether (sulfide) groups is 1. The summed E-state index contributed by atoms with van der Waals surface area (Å²) in [4.78, 5) is 31.3. The van der Waals surface area contributed by atoms with Crippen molar-refractivity contribution < 1.29 is 14.3 Å². The van der Waals surface area contributed by atoms with Gasteiger partial charge in [0.2, 0.25) is 5.91 Å². The number of benzene rings is 1. The number of fused-ring (bicyclic) bond motifs is 1. The Morgan fingerprint density at radius 1 is 1.33 bits per heavy atom. The van der Waals surface area contributed by atoms with Gasteiger partial charge >= 0.3 is 5.97 Å². The quantitative estimate of drug-likeness (QED) is 0.788. The van der Waals surface area contributed by atoms with E-state index in [1.54, 1.807) is 0 Å². The molecule has 0 spiro atoms. The highest BCUT2D eigenvalue weighted by atomic mass is 32.2. The summed E-state index contributed by atoms with van der Waals surface area (Å²) in [6, 6.07) is 7.65. The number of allylic oxidation sites excluding steroid dienone is 1. The van der Waals surface area contributed by atoms with Crippen molar-refractivity contribution in [2.45, 2.75) is 33.2 Å². The van der Waals surface area contributed by atoms with Crippen molar-refractivity contribution in [2.75, 3.05) is 13.7 Å². The standard InChI is InChI=1S/C20H23N3O3S/c1-5-21-16(24)10-15-11-27-20-22-13(3)17(19(25)26-4)18(23(15)20)14-8-6-7-12(2)9-14/h6-9,11,18H,5,10H2,1-4H3,(H,21,24). The van der Waals surface area contributed by atoms with Crippen LogP contribution in [0.5, 0.6) is 0 Å². The molecule has 2 aliphatic heterocycles. The van der Waals surface area contributed by atoms with E-state index in [1.165, 1.54) is 18.9 Å². The van der Waals surface area contributed by atoms with Crippen LogP contribution in [0.15, 0.2) is 51.6 Å². The zero-order valence-electron chi connectivity index (χ0n) is 15.9. The average molecular weight is 385 g/mol. The first-order valence-corrected chi connectivity index (χ1v) is 9.70. The number of methoxy groups -OCH3 is 1. The smallest absolute Gasteiger partial charge is 0.338 e. The van der Waals surface area contributed by atoms with E-state index in [2.05, 4.69) is 16.4 Å². The van der Waals surface area contributed by atoms with Gasteiger partial charge in [-0.15, -0.1) is 0 Å². The van der Waals surface area contributed by atoms with Gasteiger partial charge in [0, 0.05) is 12.2 Å². The van der Waals surface area contributed by atoms with Gasteiger partial charge in [-0.3, -0.25) is 4.79 Å². The second kappa shape index (κ2) is 8.00. The summed E-state index contributed by atoms with van der Waals surface area (Å²) in [5.74, 6) is -0.462. The molecule has 2 heterocycles. The molecule has 0 fully saturated rings. The van der Waals surface area contributed by atoms with Crippen LogP contribution in [-0.2, 0) is 14.3 Å². The highest BCUT2D eigenvalue weighted by Gasteiger charge is 2.40. The molecule has 0 aliphatic carbocycles. The van der Waals surface area contributed by atoms with E-state index in [4.69, 9.17) is 4.74 Å². The number of esters is 1. The van der Waals surface area contributed by atoms with Crippen LogP contribution in [0.25, 0.3) is 0 Å². The van der Waals surface area contributed by atoms with Crippen LogP contribution in [0, 0.1) is 6.92 Å². The molecule has 27 heavy (non-hydrogen) atoms. The Kier molecular flexibility index (Phi) is 5.70. The Bertz CT molecular complexity index is 873. The van der Waals surface area contributed by atoms with E-state index in [0.29, 0.717) is 17.8 Å². The molecule has 6 nitrogen and oxygen atoms in total. The van der Waals surface area contributed by atoms with Gasteiger partial charge in [0.15, 0.2) is 5.17 Å². The van der Waals surface area contributed by atoms with Crippen LogP contribution in [-0.4, -0.2) is 35.6 Å². The van der Waals surface area contributed by atoms with Crippen molar-refractivity contribution in [2.24, 2.45) is 4.99 Å². The summed E-state index contributed by atoms with van der Waals surface area (Å²) >= 11 is 1.47. The van der Waals surface area contributed by atoms with E-state index in [1.807, 2.05) is 49.3 Å². The molecule has 0 radical (unpaired) electrons. The summed E-state index contributed by atoms with van der Waals surface area (Å²) in [6.45, 7) is 6.30. The van der Waals surface area contributed by atoms with E-state index >= 15 is 0 Å². The van der Waals surface area contributed by atoms with Crippen molar-refractivity contribution in [3.8, 4) is 0 Å². The second-order valence-electron chi connectivity index (χ2n) is 6.43. The lowest BCUT2D eigenvalue weighted by Crippen LogP contribution is -2.38. The lowest BCUT2D eigenvalue weighted by Gasteiger charge is -2.36. The predicted octanol–water partition coefficient (Wildman–Crippen LogP) is 3.27. The van der Waals surface area contributed by atoms with Crippen LogP contribution in [0.1, 0.15) is 37.4 Å². The zero-order chi connectivity index (χ0) is 19.6. The fourth-order valence-corrected chi connectivity index (χ4v) is 4.28. The van der Waals surface area contributed by atoms with Gasteiger partial charge in [-0.1, -0.05) is 41.6 Å². The van der Waals surface area contributed by atoms with Gasteiger partial charge in [-0.25, -0.2) is 9.79 Å². The number of hydrogen-bond acceptors (Lipinski definition) is 6. The number of ether oxygens (including phenoxy) is 1. The van der Waals surface area contributed by atoms with Crippen LogP contribution in [0.4, 0.5) is 0 Å². The molecule has 0 bridgehead atoms. The van der Waals surface area contributed by atoms with E-state index in [0.717, 1.165) is 22.0 Å². The Hall–Kier alpha value is -2.54. The third-order valence-electron chi connectivity index (χ3n) is 4.48. The molecule has 0 saturated heterocycles. The molecule has 1 aromatic carbocycles. The van der Waals surface area contributed by atoms with Crippen LogP contribution in [0.2, 0.25) is 0 Å². The fourth-order valence-electron chi connectivity index (χ4n) is 3.32. The average Bonchev–Trinajstić information content (AvgIpc) is 3.02. The highest BCUT2D eigenvalue weighted by Crippen LogP contribution is 2.44. The summed E-state index contributed by atoms with van der Waals surface area (Å²) in [5, 5.41) is 5.53. The maximum Gasteiger partial charge on any atom is 0.338 e. The minimum atomic E-state index is -0.406. The lowest BCUT2D eigenvalue weighted by molar-refractivity contribution is -0.136. The van der Waals surface area contributed by atoms with Crippen molar-refractivity contribution in [1.29, 1.82) is 0 Å². The molecule has 2 aliphatic rings. The molecule has 0 aromatic heterocycles. The van der Waals surface area contributed by atoms with Crippen LogP contribution >= 0.6 is 11.8 Å². The van der Waals surface area contributed by atoms with Crippen molar-refractivity contribution >= 4 is 28.8 Å². The first kappa shape index (κ1) is 19.2. The molecule has 142 valence electrons. The number of amides is 1. The first-order valence-electron chi connectivity index (χ1n) is 8.82. The monoisotopic (exact) mass is 385 g/mol. The first-order chi connectivity index (χ1) is 13.0. The molecule has 1 unspecified atom stereocenters. The Balaban J connectivity index is 2.07. The van der Waals surface area contributed by atoms with Crippen molar-refractivity contribution in [3.63, 3.8) is 0 Å². The molecule has 7 heteroatoms. The minimum absolute atomic E-state index is 0.0560. The normalized spacial score (nSPS) is 18.7. The predicted molar refractivity (Wildman–Crippen MR) is 107 cm³/mol. The van der Waals surface area contributed by atoms with Crippen LogP contribution < -0.4 is 5.32 Å².